The molecule has 0 spiro atoms. The summed E-state index contributed by atoms with van der Waals surface area (Å²) in [7, 11) is 0. The summed E-state index contributed by atoms with van der Waals surface area (Å²) in [6, 6.07) is 17.4. The molecule has 1 unspecified atom stereocenters. The highest BCUT2D eigenvalue weighted by atomic mass is 19.1. The van der Waals surface area contributed by atoms with Gasteiger partial charge in [-0.05, 0) is 42.2 Å². The Morgan fingerprint density at radius 1 is 1.10 bits per heavy atom. The molecule has 1 fully saturated rings. The Morgan fingerprint density at radius 3 is 2.63 bits per heavy atom. The minimum absolute atomic E-state index is 0.257. The number of nitrogens with one attached hydrogen (secondary N) is 1. The Hall–Kier alpha value is -3.47. The summed E-state index contributed by atoms with van der Waals surface area (Å²) < 4.78 is 16.0. The zero-order valence-electron chi connectivity index (χ0n) is 16.5. The van der Waals surface area contributed by atoms with Crippen LogP contribution in [0.15, 0.2) is 66.7 Å². The third kappa shape index (κ3) is 3.26. The molecular formula is C25H22FN3O. The molecule has 1 N–H and O–H groups in total. The summed E-state index contributed by atoms with van der Waals surface area (Å²) in [4.78, 5) is 10.9. The van der Waals surface area contributed by atoms with Gasteiger partial charge in [-0.25, -0.2) is 9.07 Å². The van der Waals surface area contributed by atoms with E-state index in [1.54, 1.807) is 23.0 Å². The van der Waals surface area contributed by atoms with Crippen LogP contribution in [0.4, 0.5) is 10.2 Å². The molecule has 4 nitrogen and oxygen atoms in total. The predicted octanol–water partition coefficient (Wildman–Crippen LogP) is 4.82. The van der Waals surface area contributed by atoms with Gasteiger partial charge in [0.2, 0.25) is 0 Å². The maximum Gasteiger partial charge on any atom is 0.156 e. The number of hydrogen-bond donors (Lipinski definition) is 1. The number of halogens is 1. The zero-order chi connectivity index (χ0) is 20.6. The van der Waals surface area contributed by atoms with Crippen molar-refractivity contribution in [1.29, 1.82) is 0 Å². The van der Waals surface area contributed by atoms with Crippen molar-refractivity contribution in [3.63, 3.8) is 0 Å². The van der Waals surface area contributed by atoms with Crippen molar-refractivity contribution in [2.45, 2.75) is 30.7 Å². The summed E-state index contributed by atoms with van der Waals surface area (Å²) in [5, 5.41) is 8.21. The summed E-state index contributed by atoms with van der Waals surface area (Å²) in [5.74, 6) is 0.577. The summed E-state index contributed by atoms with van der Waals surface area (Å²) in [6.07, 6.45) is 11.0. The standard InChI is InChI=1S/C25H22FN3O/c26-20-9-4-8-19(16-20)25(18-6-2-1-3-7-18)13-12-22-23(17-25)29(14-5-15-30)28-24(22)27-21-10-11-21/h1-9,12-16,21H,10-11,17H2,(H,27,28). The molecule has 3 aromatic rings. The normalized spacial score (nSPS) is 20.3. The van der Waals surface area contributed by atoms with Crippen molar-refractivity contribution in [3.05, 3.63) is 95.0 Å². The number of fused-ring (bicyclic) bond motifs is 1. The number of carbonyl (C=O) groups excluding carboxylic acids is 1. The quantitative estimate of drug-likeness (QED) is 0.477. The number of carbonyl (C=O) groups is 1. The van der Waals surface area contributed by atoms with E-state index in [0.717, 1.165) is 47.3 Å². The van der Waals surface area contributed by atoms with Gasteiger partial charge in [-0.2, -0.15) is 5.10 Å². The topological polar surface area (TPSA) is 46.9 Å². The van der Waals surface area contributed by atoms with Crippen molar-refractivity contribution >= 4 is 24.4 Å². The molecule has 30 heavy (non-hydrogen) atoms. The highest BCUT2D eigenvalue weighted by Gasteiger charge is 2.38. The number of aldehydes is 1. The molecule has 1 heterocycles. The van der Waals surface area contributed by atoms with Crippen LogP contribution in [0, 0.1) is 5.82 Å². The second kappa shape index (κ2) is 7.41. The van der Waals surface area contributed by atoms with E-state index in [2.05, 4.69) is 29.6 Å². The van der Waals surface area contributed by atoms with Crippen LogP contribution in [-0.4, -0.2) is 22.1 Å². The minimum atomic E-state index is -0.528. The maximum absolute atomic E-state index is 14.2. The lowest BCUT2D eigenvalue weighted by Crippen LogP contribution is -2.31. The Morgan fingerprint density at radius 2 is 1.90 bits per heavy atom. The Labute approximate surface area is 174 Å². The molecule has 2 aliphatic rings. The van der Waals surface area contributed by atoms with Crippen LogP contribution >= 0.6 is 0 Å². The fraction of sp³-hybridized carbons (Fsp3) is 0.200. The largest absolute Gasteiger partial charge is 0.365 e. The molecule has 0 aliphatic heterocycles. The van der Waals surface area contributed by atoms with Gasteiger partial charge in [0.15, 0.2) is 5.82 Å². The van der Waals surface area contributed by atoms with Crippen molar-refractivity contribution < 1.29 is 9.18 Å². The molecule has 150 valence electrons. The molecule has 1 atom stereocenters. The van der Waals surface area contributed by atoms with E-state index < -0.39 is 5.41 Å². The first kappa shape index (κ1) is 18.6. The molecule has 5 heteroatoms. The smallest absolute Gasteiger partial charge is 0.156 e. The fourth-order valence-corrected chi connectivity index (χ4v) is 4.21. The van der Waals surface area contributed by atoms with Crippen LogP contribution in [0.2, 0.25) is 0 Å². The van der Waals surface area contributed by atoms with Gasteiger partial charge in [-0.3, -0.25) is 4.79 Å². The number of hydrogen-bond acceptors (Lipinski definition) is 3. The number of nitrogens with zero attached hydrogens (tertiary/aromatic N) is 2. The van der Waals surface area contributed by atoms with Crippen molar-refractivity contribution in [2.75, 3.05) is 5.32 Å². The van der Waals surface area contributed by atoms with Crippen LogP contribution in [-0.2, 0) is 16.6 Å². The van der Waals surface area contributed by atoms with Gasteiger partial charge in [0, 0.05) is 29.6 Å². The lowest BCUT2D eigenvalue weighted by Gasteiger charge is -2.35. The Kier molecular flexibility index (Phi) is 4.58. The van der Waals surface area contributed by atoms with Crippen molar-refractivity contribution in [2.24, 2.45) is 0 Å². The van der Waals surface area contributed by atoms with Gasteiger partial charge in [-0.1, -0.05) is 54.6 Å². The zero-order valence-corrected chi connectivity index (χ0v) is 16.5. The maximum atomic E-state index is 14.2. The van der Waals surface area contributed by atoms with E-state index in [-0.39, 0.29) is 5.82 Å². The number of benzene rings is 2. The molecule has 5 rings (SSSR count). The SMILES string of the molecule is O=CC=Cn1nc(NC2CC2)c2c1CC(c1ccccc1)(c1cccc(F)c1)C=C2. The minimum Gasteiger partial charge on any atom is -0.365 e. The second-order valence-electron chi connectivity index (χ2n) is 7.91. The van der Waals surface area contributed by atoms with Gasteiger partial charge < -0.3 is 5.32 Å². The van der Waals surface area contributed by atoms with Gasteiger partial charge in [0.05, 0.1) is 5.69 Å². The van der Waals surface area contributed by atoms with Gasteiger partial charge in [0.1, 0.15) is 12.1 Å². The fourth-order valence-electron chi connectivity index (χ4n) is 4.21. The number of rotatable bonds is 6. The van der Waals surface area contributed by atoms with Crippen molar-refractivity contribution in [3.8, 4) is 0 Å². The number of anilines is 1. The first-order valence-corrected chi connectivity index (χ1v) is 10.2. The van der Waals surface area contributed by atoms with Crippen molar-refractivity contribution in [1.82, 2.24) is 9.78 Å². The first-order valence-electron chi connectivity index (χ1n) is 10.2. The van der Waals surface area contributed by atoms with Crippen LogP contribution in [0.3, 0.4) is 0 Å². The molecule has 2 aliphatic carbocycles. The molecule has 0 saturated heterocycles. The molecule has 0 radical (unpaired) electrons. The molecule has 1 aromatic heterocycles. The van der Waals surface area contributed by atoms with Crippen LogP contribution in [0.25, 0.3) is 12.3 Å². The molecule has 2 aromatic carbocycles. The third-order valence-corrected chi connectivity index (χ3v) is 5.88. The highest BCUT2D eigenvalue weighted by Crippen LogP contribution is 2.43. The summed E-state index contributed by atoms with van der Waals surface area (Å²) >= 11 is 0. The highest BCUT2D eigenvalue weighted by molar-refractivity contribution is 5.74. The molecule has 0 bridgehead atoms. The van der Waals surface area contributed by atoms with Gasteiger partial charge in [-0.15, -0.1) is 0 Å². The van der Waals surface area contributed by atoms with E-state index in [1.807, 2.05) is 24.3 Å². The monoisotopic (exact) mass is 399 g/mol. The predicted molar refractivity (Wildman–Crippen MR) is 117 cm³/mol. The van der Waals surface area contributed by atoms with Crippen LogP contribution in [0.1, 0.15) is 35.2 Å². The Balaban J connectivity index is 1.68. The lowest BCUT2D eigenvalue weighted by atomic mass is 9.68. The van der Waals surface area contributed by atoms with Gasteiger partial charge in [0.25, 0.3) is 0 Å². The number of allylic oxidation sites excluding steroid dienone is 2. The number of aromatic nitrogens is 2. The lowest BCUT2D eigenvalue weighted by molar-refractivity contribution is -0.104. The van der Waals surface area contributed by atoms with E-state index in [0.29, 0.717) is 12.5 Å². The first-order chi connectivity index (χ1) is 14.7. The Bertz CT molecular complexity index is 1140. The van der Waals surface area contributed by atoms with E-state index >= 15 is 0 Å². The van der Waals surface area contributed by atoms with Crippen LogP contribution < -0.4 is 5.32 Å². The van der Waals surface area contributed by atoms with E-state index in [1.165, 1.54) is 12.1 Å². The molecule has 0 amide bonds. The molecule has 1 saturated carbocycles. The van der Waals surface area contributed by atoms with E-state index in [4.69, 9.17) is 5.10 Å². The van der Waals surface area contributed by atoms with E-state index in [9.17, 15) is 9.18 Å². The third-order valence-electron chi connectivity index (χ3n) is 5.88. The van der Waals surface area contributed by atoms with Gasteiger partial charge >= 0.3 is 0 Å². The summed E-state index contributed by atoms with van der Waals surface area (Å²) in [6.45, 7) is 0. The average Bonchev–Trinajstić information content (AvgIpc) is 3.54. The second-order valence-corrected chi connectivity index (χ2v) is 7.91. The average molecular weight is 399 g/mol. The molecular weight excluding hydrogens is 377 g/mol. The summed E-state index contributed by atoms with van der Waals surface area (Å²) in [5.41, 5.74) is 3.47. The van der Waals surface area contributed by atoms with Crippen LogP contribution in [0.5, 0.6) is 0 Å².